The first-order chi connectivity index (χ1) is 14.2. The molecule has 2 N–H and O–H groups in total. The van der Waals surface area contributed by atoms with Crippen LogP contribution in [-0.4, -0.2) is 35.5 Å². The van der Waals surface area contributed by atoms with E-state index in [-0.39, 0.29) is 11.8 Å². The van der Waals surface area contributed by atoms with Crippen LogP contribution in [0.15, 0.2) is 47.8 Å². The molecule has 2 aliphatic carbocycles. The standard InChI is InChI=1S/C24H30N2O2S/c27-23(24(28,18-9-4-5-10-18)17-7-2-1-3-8-17)25-13-20-21-15-26(16-22(20)21)14-19-11-6-12-29-19/h1-3,6-8,11-12,18,20-22,28H,4-5,9-10,13-16H2,(H,25,27). The topological polar surface area (TPSA) is 52.6 Å². The first-order valence-electron chi connectivity index (χ1n) is 11.0. The minimum atomic E-state index is -1.40. The highest BCUT2D eigenvalue weighted by Crippen LogP contribution is 2.51. The maximum atomic E-state index is 13.2. The number of carbonyl (C=O) groups excluding carboxylic acids is 1. The summed E-state index contributed by atoms with van der Waals surface area (Å²) in [6.07, 6.45) is 4.04. The number of fused-ring (bicyclic) bond motifs is 1. The van der Waals surface area contributed by atoms with E-state index in [2.05, 4.69) is 27.7 Å². The van der Waals surface area contributed by atoms with Crippen LogP contribution < -0.4 is 5.32 Å². The van der Waals surface area contributed by atoms with Crippen LogP contribution in [0.2, 0.25) is 0 Å². The molecule has 3 atom stereocenters. The molecule has 1 amide bonds. The molecule has 0 bridgehead atoms. The van der Waals surface area contributed by atoms with Gasteiger partial charge in [0.25, 0.3) is 5.91 Å². The van der Waals surface area contributed by atoms with E-state index in [9.17, 15) is 9.90 Å². The highest BCUT2D eigenvalue weighted by atomic mass is 32.1. The normalized spacial score (nSPS) is 28.8. The Balaban J connectivity index is 1.18. The van der Waals surface area contributed by atoms with Gasteiger partial charge in [0.2, 0.25) is 0 Å². The van der Waals surface area contributed by atoms with Gasteiger partial charge in [-0.05, 0) is 47.6 Å². The average molecular weight is 411 g/mol. The maximum absolute atomic E-state index is 13.2. The summed E-state index contributed by atoms with van der Waals surface area (Å²) in [6.45, 7) is 4.02. The summed E-state index contributed by atoms with van der Waals surface area (Å²) < 4.78 is 0. The third kappa shape index (κ3) is 3.65. The van der Waals surface area contributed by atoms with Crippen molar-refractivity contribution >= 4 is 17.2 Å². The molecule has 4 nitrogen and oxygen atoms in total. The van der Waals surface area contributed by atoms with Gasteiger partial charge in [-0.15, -0.1) is 11.3 Å². The monoisotopic (exact) mass is 410 g/mol. The lowest BCUT2D eigenvalue weighted by molar-refractivity contribution is -0.147. The first kappa shape index (κ1) is 19.3. The van der Waals surface area contributed by atoms with Gasteiger partial charge in [-0.3, -0.25) is 9.69 Å². The highest BCUT2D eigenvalue weighted by Gasteiger charge is 2.55. The summed E-state index contributed by atoms with van der Waals surface area (Å²) in [4.78, 5) is 17.2. The molecule has 5 heteroatoms. The van der Waals surface area contributed by atoms with E-state index in [1.165, 1.54) is 4.88 Å². The molecule has 1 aromatic heterocycles. The summed E-state index contributed by atoms with van der Waals surface area (Å²) in [7, 11) is 0. The second-order valence-corrected chi connectivity index (χ2v) is 10.1. The van der Waals surface area contributed by atoms with E-state index in [1.54, 1.807) is 0 Å². The Morgan fingerprint density at radius 2 is 1.83 bits per heavy atom. The number of likely N-dealkylation sites (tertiary alicyclic amines) is 1. The van der Waals surface area contributed by atoms with Crippen molar-refractivity contribution in [2.75, 3.05) is 19.6 Å². The fraction of sp³-hybridized carbons (Fsp3) is 0.542. The summed E-state index contributed by atoms with van der Waals surface area (Å²) in [5, 5.41) is 16.8. The van der Waals surface area contributed by atoms with Gasteiger partial charge in [-0.25, -0.2) is 0 Å². The van der Waals surface area contributed by atoms with Crippen LogP contribution in [0.5, 0.6) is 0 Å². The number of nitrogens with zero attached hydrogens (tertiary/aromatic N) is 1. The van der Waals surface area contributed by atoms with Crippen molar-refractivity contribution in [3.63, 3.8) is 0 Å². The molecular weight excluding hydrogens is 380 g/mol. The van der Waals surface area contributed by atoms with Crippen molar-refractivity contribution in [3.05, 3.63) is 58.3 Å². The van der Waals surface area contributed by atoms with Crippen LogP contribution in [0.3, 0.4) is 0 Å². The molecule has 2 saturated carbocycles. The average Bonchev–Trinajstić information content (AvgIpc) is 3.31. The number of benzene rings is 1. The van der Waals surface area contributed by atoms with Gasteiger partial charge < -0.3 is 10.4 Å². The molecular formula is C24H30N2O2S. The number of piperidine rings is 1. The van der Waals surface area contributed by atoms with Crippen LogP contribution in [0.1, 0.15) is 36.1 Å². The van der Waals surface area contributed by atoms with Crippen LogP contribution in [0.25, 0.3) is 0 Å². The highest BCUT2D eigenvalue weighted by molar-refractivity contribution is 7.09. The zero-order valence-electron chi connectivity index (χ0n) is 16.8. The smallest absolute Gasteiger partial charge is 0.256 e. The SMILES string of the molecule is O=C(NCC1C2CN(Cc3cccs3)CC12)C(O)(c1ccccc1)C1CCCC1. The summed E-state index contributed by atoms with van der Waals surface area (Å²) in [5.41, 5.74) is -0.657. The minimum Gasteiger partial charge on any atom is -0.375 e. The lowest BCUT2D eigenvalue weighted by Crippen LogP contribution is -2.49. The van der Waals surface area contributed by atoms with E-state index in [0.29, 0.717) is 24.3 Å². The second kappa shape index (κ2) is 7.86. The Hall–Kier alpha value is -1.69. The molecule has 154 valence electrons. The van der Waals surface area contributed by atoms with Crippen molar-refractivity contribution < 1.29 is 9.90 Å². The van der Waals surface area contributed by atoms with E-state index in [4.69, 9.17) is 0 Å². The van der Waals surface area contributed by atoms with Gasteiger partial charge in [0.1, 0.15) is 0 Å². The number of hydrogen-bond acceptors (Lipinski definition) is 4. The Bertz CT molecular complexity index is 822. The van der Waals surface area contributed by atoms with Gasteiger partial charge in [0.15, 0.2) is 5.60 Å². The van der Waals surface area contributed by atoms with Crippen molar-refractivity contribution in [2.45, 2.75) is 37.8 Å². The third-order valence-electron chi connectivity index (χ3n) is 7.41. The number of amides is 1. The number of carbonyl (C=O) groups is 1. The Labute approximate surface area is 176 Å². The minimum absolute atomic E-state index is 0.0184. The summed E-state index contributed by atoms with van der Waals surface area (Å²) in [5.74, 6) is 1.79. The molecule has 29 heavy (non-hydrogen) atoms. The molecule has 1 aromatic carbocycles. The molecule has 1 aliphatic heterocycles. The van der Waals surface area contributed by atoms with Gasteiger partial charge in [-0.2, -0.15) is 0 Å². The number of thiophene rings is 1. The van der Waals surface area contributed by atoms with Gasteiger partial charge in [0.05, 0.1) is 0 Å². The summed E-state index contributed by atoms with van der Waals surface area (Å²) >= 11 is 1.83. The quantitative estimate of drug-likeness (QED) is 0.733. The number of hydrogen-bond donors (Lipinski definition) is 2. The maximum Gasteiger partial charge on any atom is 0.256 e. The molecule has 5 rings (SSSR count). The predicted octanol–water partition coefficient (Wildman–Crippen LogP) is 3.62. The van der Waals surface area contributed by atoms with E-state index in [0.717, 1.165) is 50.9 Å². The zero-order valence-corrected chi connectivity index (χ0v) is 17.6. The molecule has 3 aliphatic rings. The lowest BCUT2D eigenvalue weighted by atomic mass is 9.79. The van der Waals surface area contributed by atoms with Crippen LogP contribution in [0.4, 0.5) is 0 Å². The molecule has 1 saturated heterocycles. The third-order valence-corrected chi connectivity index (χ3v) is 8.27. The molecule has 2 aromatic rings. The fourth-order valence-electron chi connectivity index (χ4n) is 5.72. The zero-order chi connectivity index (χ0) is 19.8. The Morgan fingerprint density at radius 3 is 2.48 bits per heavy atom. The summed E-state index contributed by atoms with van der Waals surface area (Å²) in [6, 6.07) is 13.9. The van der Waals surface area contributed by atoms with E-state index >= 15 is 0 Å². The lowest BCUT2D eigenvalue weighted by Gasteiger charge is -2.33. The molecule has 3 unspecified atom stereocenters. The Morgan fingerprint density at radius 1 is 1.10 bits per heavy atom. The van der Waals surface area contributed by atoms with Gasteiger partial charge in [-0.1, -0.05) is 49.2 Å². The number of rotatable bonds is 7. The van der Waals surface area contributed by atoms with Crippen LogP contribution in [0, 0.1) is 23.7 Å². The van der Waals surface area contributed by atoms with E-state index < -0.39 is 5.60 Å². The van der Waals surface area contributed by atoms with Crippen molar-refractivity contribution in [1.82, 2.24) is 10.2 Å². The van der Waals surface area contributed by atoms with Crippen molar-refractivity contribution in [2.24, 2.45) is 23.7 Å². The molecule has 0 radical (unpaired) electrons. The molecule has 3 fully saturated rings. The predicted molar refractivity (Wildman–Crippen MR) is 115 cm³/mol. The van der Waals surface area contributed by atoms with Gasteiger partial charge in [0, 0.05) is 37.0 Å². The van der Waals surface area contributed by atoms with Gasteiger partial charge >= 0.3 is 0 Å². The van der Waals surface area contributed by atoms with Crippen molar-refractivity contribution in [1.29, 1.82) is 0 Å². The van der Waals surface area contributed by atoms with E-state index in [1.807, 2.05) is 41.7 Å². The fourth-order valence-corrected chi connectivity index (χ4v) is 6.47. The second-order valence-electron chi connectivity index (χ2n) is 9.09. The Kier molecular flexibility index (Phi) is 5.23. The largest absolute Gasteiger partial charge is 0.375 e. The van der Waals surface area contributed by atoms with Crippen molar-refractivity contribution in [3.8, 4) is 0 Å². The first-order valence-corrected chi connectivity index (χ1v) is 11.8. The van der Waals surface area contributed by atoms with Crippen LogP contribution in [-0.2, 0) is 16.9 Å². The van der Waals surface area contributed by atoms with Crippen LogP contribution >= 0.6 is 11.3 Å². The molecule has 2 heterocycles. The number of aliphatic hydroxyl groups is 1. The molecule has 0 spiro atoms. The number of nitrogens with one attached hydrogen (secondary N) is 1.